The van der Waals surface area contributed by atoms with E-state index in [0.717, 1.165) is 30.2 Å². The minimum atomic E-state index is 0.0487. The molecule has 5 nitrogen and oxygen atoms in total. The Morgan fingerprint density at radius 3 is 2.71 bits per heavy atom. The number of nitrogens with one attached hydrogen (secondary N) is 1. The zero-order chi connectivity index (χ0) is 16.8. The number of benzene rings is 2. The molecule has 0 radical (unpaired) electrons. The molecule has 1 aliphatic heterocycles. The van der Waals surface area contributed by atoms with Crippen LogP contribution in [-0.4, -0.2) is 31.2 Å². The van der Waals surface area contributed by atoms with E-state index in [1.165, 1.54) is 5.56 Å². The molecular formula is C19H22N2O3. The van der Waals surface area contributed by atoms with Crippen LogP contribution in [0.1, 0.15) is 17.5 Å². The average molecular weight is 326 g/mol. The molecule has 5 heteroatoms. The largest absolute Gasteiger partial charge is 0.454 e. The number of nitrogens with zero attached hydrogens (tertiary/aromatic N) is 1. The Morgan fingerprint density at radius 1 is 1.08 bits per heavy atom. The lowest BCUT2D eigenvalue weighted by atomic mass is 10.2. The SMILES string of the molecule is CN(CCC(=O)NCc1ccc2c(c1)OCO2)Cc1ccccc1. The van der Waals surface area contributed by atoms with Gasteiger partial charge in [0.15, 0.2) is 11.5 Å². The zero-order valence-corrected chi connectivity index (χ0v) is 13.8. The van der Waals surface area contributed by atoms with Crippen LogP contribution in [0.4, 0.5) is 0 Å². The van der Waals surface area contributed by atoms with Crippen molar-refractivity contribution in [3.8, 4) is 11.5 Å². The predicted octanol–water partition coefficient (Wildman–Crippen LogP) is 2.55. The summed E-state index contributed by atoms with van der Waals surface area (Å²) in [4.78, 5) is 14.2. The Bertz CT molecular complexity index is 688. The van der Waals surface area contributed by atoms with E-state index in [9.17, 15) is 4.79 Å². The smallest absolute Gasteiger partial charge is 0.231 e. The maximum atomic E-state index is 12.0. The lowest BCUT2D eigenvalue weighted by molar-refractivity contribution is -0.121. The van der Waals surface area contributed by atoms with Gasteiger partial charge in [-0.25, -0.2) is 0 Å². The molecule has 0 spiro atoms. The maximum absolute atomic E-state index is 12.0. The summed E-state index contributed by atoms with van der Waals surface area (Å²) in [7, 11) is 2.03. The van der Waals surface area contributed by atoms with E-state index in [1.54, 1.807) is 0 Å². The van der Waals surface area contributed by atoms with Crippen molar-refractivity contribution in [1.29, 1.82) is 0 Å². The average Bonchev–Trinajstić information content (AvgIpc) is 3.07. The number of carbonyl (C=O) groups is 1. The first-order valence-electron chi connectivity index (χ1n) is 8.08. The molecule has 0 aliphatic carbocycles. The Kier molecular flexibility index (Phi) is 5.33. The van der Waals surface area contributed by atoms with Gasteiger partial charge < -0.3 is 19.7 Å². The molecule has 1 heterocycles. The van der Waals surface area contributed by atoms with E-state index in [-0.39, 0.29) is 12.7 Å². The molecule has 0 saturated heterocycles. The van der Waals surface area contributed by atoms with E-state index >= 15 is 0 Å². The van der Waals surface area contributed by atoms with Crippen LogP contribution in [-0.2, 0) is 17.9 Å². The van der Waals surface area contributed by atoms with Crippen LogP contribution in [0, 0.1) is 0 Å². The monoisotopic (exact) mass is 326 g/mol. The summed E-state index contributed by atoms with van der Waals surface area (Å²) >= 11 is 0. The molecule has 0 fully saturated rings. The van der Waals surface area contributed by atoms with E-state index in [2.05, 4.69) is 22.3 Å². The van der Waals surface area contributed by atoms with Crippen LogP contribution in [0.5, 0.6) is 11.5 Å². The van der Waals surface area contributed by atoms with Crippen molar-refractivity contribution in [2.24, 2.45) is 0 Å². The fraction of sp³-hybridized carbons (Fsp3) is 0.316. The second-order valence-electron chi connectivity index (χ2n) is 5.94. The van der Waals surface area contributed by atoms with Gasteiger partial charge in [-0.05, 0) is 30.3 Å². The van der Waals surface area contributed by atoms with Crippen LogP contribution in [0.3, 0.4) is 0 Å². The highest BCUT2D eigenvalue weighted by Gasteiger charge is 2.13. The molecule has 0 unspecified atom stereocenters. The summed E-state index contributed by atoms with van der Waals surface area (Å²) in [6, 6.07) is 16.0. The van der Waals surface area contributed by atoms with Gasteiger partial charge in [-0.1, -0.05) is 36.4 Å². The molecule has 126 valence electrons. The first-order chi connectivity index (χ1) is 11.7. The van der Waals surface area contributed by atoms with E-state index in [4.69, 9.17) is 9.47 Å². The molecule has 0 atom stereocenters. The molecule has 3 rings (SSSR count). The van der Waals surface area contributed by atoms with Crippen LogP contribution in [0.15, 0.2) is 48.5 Å². The molecule has 1 aliphatic rings. The van der Waals surface area contributed by atoms with E-state index < -0.39 is 0 Å². The van der Waals surface area contributed by atoms with Gasteiger partial charge in [0.1, 0.15) is 0 Å². The second kappa shape index (κ2) is 7.84. The van der Waals surface area contributed by atoms with Crippen molar-refractivity contribution in [2.45, 2.75) is 19.5 Å². The third-order valence-corrected chi connectivity index (χ3v) is 3.94. The molecule has 0 aromatic heterocycles. The third-order valence-electron chi connectivity index (χ3n) is 3.94. The number of rotatable bonds is 7. The van der Waals surface area contributed by atoms with E-state index in [1.807, 2.05) is 43.4 Å². The predicted molar refractivity (Wildman–Crippen MR) is 91.8 cm³/mol. The standard InChI is InChI=1S/C19H22N2O3/c1-21(13-15-5-3-2-4-6-15)10-9-19(22)20-12-16-7-8-17-18(11-16)24-14-23-17/h2-8,11H,9-10,12-14H2,1H3,(H,20,22). The van der Waals surface area contributed by atoms with Gasteiger partial charge in [-0.2, -0.15) is 0 Å². The molecule has 1 amide bonds. The summed E-state index contributed by atoms with van der Waals surface area (Å²) in [5, 5.41) is 2.95. The number of hydrogen-bond acceptors (Lipinski definition) is 4. The van der Waals surface area contributed by atoms with Gasteiger partial charge in [-0.15, -0.1) is 0 Å². The topological polar surface area (TPSA) is 50.8 Å². The van der Waals surface area contributed by atoms with Crippen molar-refractivity contribution in [3.63, 3.8) is 0 Å². The number of fused-ring (bicyclic) bond motifs is 1. The Morgan fingerprint density at radius 2 is 1.88 bits per heavy atom. The van der Waals surface area contributed by atoms with Crippen molar-refractivity contribution >= 4 is 5.91 Å². The normalized spacial score (nSPS) is 12.4. The summed E-state index contributed by atoms with van der Waals surface area (Å²) in [6.07, 6.45) is 0.480. The van der Waals surface area contributed by atoms with Crippen molar-refractivity contribution in [3.05, 3.63) is 59.7 Å². The summed E-state index contributed by atoms with van der Waals surface area (Å²) in [6.45, 7) is 2.33. The van der Waals surface area contributed by atoms with Gasteiger partial charge >= 0.3 is 0 Å². The Labute approximate surface area is 142 Å². The molecule has 1 N–H and O–H groups in total. The second-order valence-corrected chi connectivity index (χ2v) is 5.94. The number of hydrogen-bond donors (Lipinski definition) is 1. The van der Waals surface area contributed by atoms with Gasteiger partial charge in [0.05, 0.1) is 0 Å². The maximum Gasteiger partial charge on any atom is 0.231 e. The van der Waals surface area contributed by atoms with Crippen LogP contribution < -0.4 is 14.8 Å². The molecule has 0 bridgehead atoms. The lowest BCUT2D eigenvalue weighted by Gasteiger charge is -2.16. The fourth-order valence-electron chi connectivity index (χ4n) is 2.61. The highest BCUT2D eigenvalue weighted by molar-refractivity contribution is 5.76. The lowest BCUT2D eigenvalue weighted by Crippen LogP contribution is -2.28. The highest BCUT2D eigenvalue weighted by Crippen LogP contribution is 2.32. The Balaban J connectivity index is 1.39. The van der Waals surface area contributed by atoms with Gasteiger partial charge in [0, 0.05) is 26.1 Å². The third kappa shape index (κ3) is 4.49. The minimum absolute atomic E-state index is 0.0487. The minimum Gasteiger partial charge on any atom is -0.454 e. The van der Waals surface area contributed by atoms with Crippen LogP contribution in [0.2, 0.25) is 0 Å². The van der Waals surface area contributed by atoms with Crippen molar-refractivity contribution in [1.82, 2.24) is 10.2 Å². The number of amides is 1. The first kappa shape index (κ1) is 16.3. The highest BCUT2D eigenvalue weighted by atomic mass is 16.7. The molecule has 2 aromatic carbocycles. The van der Waals surface area contributed by atoms with Gasteiger partial charge in [0.25, 0.3) is 0 Å². The van der Waals surface area contributed by atoms with Crippen molar-refractivity contribution in [2.75, 3.05) is 20.4 Å². The quantitative estimate of drug-likeness (QED) is 0.849. The molecule has 24 heavy (non-hydrogen) atoms. The fourth-order valence-corrected chi connectivity index (χ4v) is 2.61. The summed E-state index contributed by atoms with van der Waals surface area (Å²) < 4.78 is 10.6. The van der Waals surface area contributed by atoms with Gasteiger partial charge in [-0.3, -0.25) is 4.79 Å². The molecular weight excluding hydrogens is 304 g/mol. The zero-order valence-electron chi connectivity index (χ0n) is 13.8. The first-order valence-corrected chi connectivity index (χ1v) is 8.08. The Hall–Kier alpha value is -2.53. The summed E-state index contributed by atoms with van der Waals surface area (Å²) in [5.74, 6) is 1.55. The van der Waals surface area contributed by atoms with Crippen molar-refractivity contribution < 1.29 is 14.3 Å². The summed E-state index contributed by atoms with van der Waals surface area (Å²) in [5.41, 5.74) is 2.26. The molecule has 0 saturated carbocycles. The van der Waals surface area contributed by atoms with Crippen LogP contribution in [0.25, 0.3) is 0 Å². The number of carbonyl (C=O) groups excluding carboxylic acids is 1. The van der Waals surface area contributed by atoms with Crippen LogP contribution >= 0.6 is 0 Å². The molecule has 2 aromatic rings. The number of ether oxygens (including phenoxy) is 2. The van der Waals surface area contributed by atoms with Gasteiger partial charge in [0.2, 0.25) is 12.7 Å². The van der Waals surface area contributed by atoms with E-state index in [0.29, 0.717) is 13.0 Å².